The largest absolute Gasteiger partial charge is 0.507 e. The van der Waals surface area contributed by atoms with Crippen LogP contribution in [-0.4, -0.2) is 23.4 Å². The van der Waals surface area contributed by atoms with Crippen LogP contribution in [0.1, 0.15) is 5.56 Å². The van der Waals surface area contributed by atoms with E-state index >= 15 is 0 Å². The molecule has 0 aromatic heterocycles. The SMILES string of the molecule is O=C(CP(=O)(c1ccc(Cl)cc1)c1ccc(Cl)cc1)NN=Cc1ccccc1O. The first kappa shape index (κ1) is 21.1. The third kappa shape index (κ3) is 5.27. The number of halogens is 2. The first-order valence-corrected chi connectivity index (χ1v) is 11.2. The van der Waals surface area contributed by atoms with E-state index in [0.717, 1.165) is 0 Å². The molecule has 0 aliphatic carbocycles. The van der Waals surface area contributed by atoms with Crippen molar-refractivity contribution in [2.24, 2.45) is 5.10 Å². The van der Waals surface area contributed by atoms with Crippen LogP contribution in [0.3, 0.4) is 0 Å². The Hall–Kier alpha value is -2.59. The van der Waals surface area contributed by atoms with Gasteiger partial charge in [0.1, 0.15) is 5.75 Å². The summed E-state index contributed by atoms with van der Waals surface area (Å²) in [6.07, 6.45) is 1.04. The van der Waals surface area contributed by atoms with Crippen molar-refractivity contribution in [2.75, 3.05) is 6.16 Å². The molecule has 0 fully saturated rings. The number of hydrogen-bond acceptors (Lipinski definition) is 4. The van der Waals surface area contributed by atoms with Crippen LogP contribution in [-0.2, 0) is 9.36 Å². The van der Waals surface area contributed by atoms with Gasteiger partial charge in [-0.1, -0.05) is 35.3 Å². The molecule has 2 N–H and O–H groups in total. The van der Waals surface area contributed by atoms with E-state index in [-0.39, 0.29) is 11.9 Å². The van der Waals surface area contributed by atoms with E-state index in [1.807, 2.05) is 0 Å². The van der Waals surface area contributed by atoms with Gasteiger partial charge in [-0.05, 0) is 60.7 Å². The summed E-state index contributed by atoms with van der Waals surface area (Å²) in [6, 6.07) is 19.7. The van der Waals surface area contributed by atoms with Crippen molar-refractivity contribution in [3.8, 4) is 5.75 Å². The molecule has 1 amide bonds. The number of hydrogen-bond donors (Lipinski definition) is 2. The third-order valence-electron chi connectivity index (χ3n) is 4.18. The van der Waals surface area contributed by atoms with Crippen LogP contribution in [0, 0.1) is 0 Å². The molecule has 3 aromatic carbocycles. The van der Waals surface area contributed by atoms with Gasteiger partial charge in [-0.15, -0.1) is 0 Å². The first-order valence-electron chi connectivity index (χ1n) is 8.60. The molecule has 3 rings (SSSR count). The highest BCUT2D eigenvalue weighted by Crippen LogP contribution is 2.43. The van der Waals surface area contributed by atoms with Crippen LogP contribution in [0.25, 0.3) is 0 Å². The van der Waals surface area contributed by atoms with Gasteiger partial charge in [0, 0.05) is 26.2 Å². The van der Waals surface area contributed by atoms with Crippen molar-refractivity contribution in [1.29, 1.82) is 0 Å². The minimum atomic E-state index is -3.29. The van der Waals surface area contributed by atoms with Gasteiger partial charge < -0.3 is 9.67 Å². The number of rotatable bonds is 6. The lowest BCUT2D eigenvalue weighted by Crippen LogP contribution is -2.28. The lowest BCUT2D eigenvalue weighted by Gasteiger charge is -2.18. The molecular formula is C21H17Cl2N2O3P. The van der Waals surface area contributed by atoms with Gasteiger partial charge in [0.25, 0.3) is 0 Å². The normalized spacial score (nSPS) is 11.5. The maximum atomic E-state index is 13.9. The lowest BCUT2D eigenvalue weighted by atomic mass is 10.2. The fraction of sp³-hybridized carbons (Fsp3) is 0.0476. The van der Waals surface area contributed by atoms with Crippen LogP contribution >= 0.6 is 30.3 Å². The number of benzene rings is 3. The number of amides is 1. The number of para-hydroxylation sites is 1. The first-order chi connectivity index (χ1) is 13.9. The molecule has 29 heavy (non-hydrogen) atoms. The molecule has 0 spiro atoms. The molecule has 5 nitrogen and oxygen atoms in total. The van der Waals surface area contributed by atoms with E-state index in [1.165, 1.54) is 12.3 Å². The monoisotopic (exact) mass is 446 g/mol. The summed E-state index contributed by atoms with van der Waals surface area (Å²) in [5, 5.41) is 15.6. The molecule has 148 valence electrons. The van der Waals surface area contributed by atoms with E-state index in [1.54, 1.807) is 66.7 Å². The topological polar surface area (TPSA) is 78.8 Å². The molecule has 0 unspecified atom stereocenters. The standard InChI is InChI=1S/C21H17Cl2N2O3P/c22-16-5-9-18(10-6-16)29(28,19-11-7-17(23)8-12-19)14-21(27)25-24-13-15-3-1-2-4-20(15)26/h1-13,26H,14H2,(H,25,27). The lowest BCUT2D eigenvalue weighted by molar-refractivity contribution is -0.118. The molecular weight excluding hydrogens is 430 g/mol. The van der Waals surface area contributed by atoms with Gasteiger partial charge in [0.2, 0.25) is 5.91 Å². The molecule has 0 atom stereocenters. The summed E-state index contributed by atoms with van der Waals surface area (Å²) in [4.78, 5) is 12.5. The van der Waals surface area contributed by atoms with Gasteiger partial charge in [-0.2, -0.15) is 5.10 Å². The fourth-order valence-corrected chi connectivity index (χ4v) is 5.36. The molecule has 8 heteroatoms. The van der Waals surface area contributed by atoms with Gasteiger partial charge >= 0.3 is 0 Å². The summed E-state index contributed by atoms with van der Waals surface area (Å²) in [7, 11) is -3.29. The average molecular weight is 447 g/mol. The van der Waals surface area contributed by atoms with Crippen molar-refractivity contribution < 1.29 is 14.5 Å². The molecule has 0 bridgehead atoms. The Morgan fingerprint density at radius 1 is 0.931 bits per heavy atom. The van der Waals surface area contributed by atoms with Crippen molar-refractivity contribution >= 4 is 53.1 Å². The van der Waals surface area contributed by atoms with Crippen molar-refractivity contribution in [3.05, 3.63) is 88.4 Å². The van der Waals surface area contributed by atoms with Crippen LogP contribution < -0.4 is 16.0 Å². The van der Waals surface area contributed by atoms with Crippen LogP contribution in [0.5, 0.6) is 5.75 Å². The Morgan fingerprint density at radius 3 is 1.97 bits per heavy atom. The molecule has 0 radical (unpaired) electrons. The highest BCUT2D eigenvalue weighted by atomic mass is 35.5. The Bertz CT molecular complexity index is 1030. The molecule has 0 aliphatic rings. The number of carbonyl (C=O) groups is 1. The minimum Gasteiger partial charge on any atom is -0.507 e. The van der Waals surface area contributed by atoms with Crippen molar-refractivity contribution in [2.45, 2.75) is 0 Å². The summed E-state index contributed by atoms with van der Waals surface area (Å²) in [5.41, 5.74) is 2.82. The van der Waals surface area contributed by atoms with E-state index in [4.69, 9.17) is 23.2 Å². The second-order valence-electron chi connectivity index (χ2n) is 6.20. The quantitative estimate of drug-likeness (QED) is 0.339. The van der Waals surface area contributed by atoms with Crippen LogP contribution in [0.4, 0.5) is 0 Å². The third-order valence-corrected chi connectivity index (χ3v) is 7.68. The number of aromatic hydroxyl groups is 1. The number of hydrazone groups is 1. The van der Waals surface area contributed by atoms with Crippen LogP contribution in [0.15, 0.2) is 77.9 Å². The summed E-state index contributed by atoms with van der Waals surface area (Å²) in [6.45, 7) is 0. The zero-order valence-electron chi connectivity index (χ0n) is 15.1. The Labute approximate surface area is 178 Å². The van der Waals surface area contributed by atoms with Crippen molar-refractivity contribution in [3.63, 3.8) is 0 Å². The average Bonchev–Trinajstić information content (AvgIpc) is 2.70. The minimum absolute atomic E-state index is 0.0403. The Morgan fingerprint density at radius 2 is 1.45 bits per heavy atom. The predicted molar refractivity (Wildman–Crippen MR) is 118 cm³/mol. The Kier molecular flexibility index (Phi) is 6.75. The second-order valence-corrected chi connectivity index (χ2v) is 9.90. The zero-order valence-corrected chi connectivity index (χ0v) is 17.5. The number of phenolic OH excluding ortho intramolecular Hbond substituents is 1. The highest BCUT2D eigenvalue weighted by Gasteiger charge is 2.30. The van der Waals surface area contributed by atoms with Gasteiger partial charge in [-0.3, -0.25) is 4.79 Å². The summed E-state index contributed by atoms with van der Waals surface area (Å²) >= 11 is 11.9. The van der Waals surface area contributed by atoms with Crippen LogP contribution in [0.2, 0.25) is 10.0 Å². The molecule has 0 saturated carbocycles. The molecule has 0 aliphatic heterocycles. The predicted octanol–water partition coefficient (Wildman–Crippen LogP) is 4.16. The van der Waals surface area contributed by atoms with E-state index in [2.05, 4.69) is 10.5 Å². The Balaban J connectivity index is 1.84. The number of nitrogens with zero attached hydrogens (tertiary/aromatic N) is 1. The van der Waals surface area contributed by atoms with E-state index < -0.39 is 13.0 Å². The fourth-order valence-electron chi connectivity index (χ4n) is 2.70. The van der Waals surface area contributed by atoms with E-state index in [0.29, 0.717) is 26.2 Å². The smallest absolute Gasteiger partial charge is 0.248 e. The van der Waals surface area contributed by atoms with Crippen molar-refractivity contribution in [1.82, 2.24) is 5.43 Å². The number of nitrogens with one attached hydrogen (secondary N) is 1. The summed E-state index contributed by atoms with van der Waals surface area (Å²) < 4.78 is 13.9. The van der Waals surface area contributed by atoms with Gasteiger partial charge in [0.15, 0.2) is 7.14 Å². The molecule has 3 aromatic rings. The summed E-state index contributed by atoms with van der Waals surface area (Å²) in [5.74, 6) is -0.483. The highest BCUT2D eigenvalue weighted by molar-refractivity contribution is 7.79. The number of phenols is 1. The number of carbonyl (C=O) groups excluding carboxylic acids is 1. The molecule has 0 saturated heterocycles. The van der Waals surface area contributed by atoms with Gasteiger partial charge in [0.05, 0.1) is 12.4 Å². The maximum absolute atomic E-state index is 13.9. The van der Waals surface area contributed by atoms with Gasteiger partial charge in [-0.25, -0.2) is 5.43 Å². The maximum Gasteiger partial charge on any atom is 0.248 e. The van der Waals surface area contributed by atoms with E-state index in [9.17, 15) is 14.5 Å². The molecule has 0 heterocycles. The zero-order chi connectivity index (χ0) is 20.9. The second kappa shape index (κ2) is 9.27.